The third-order valence-corrected chi connectivity index (χ3v) is 6.15. The summed E-state index contributed by atoms with van der Waals surface area (Å²) in [4.78, 5) is 27.6. The van der Waals surface area contributed by atoms with E-state index in [2.05, 4.69) is 6.07 Å². The second-order valence-electron chi connectivity index (χ2n) is 8.01. The summed E-state index contributed by atoms with van der Waals surface area (Å²) in [6.07, 6.45) is 2.91. The van der Waals surface area contributed by atoms with Crippen molar-refractivity contribution in [3.05, 3.63) is 70.8 Å². The molecule has 0 spiro atoms. The zero-order valence-electron chi connectivity index (χ0n) is 16.5. The van der Waals surface area contributed by atoms with Gasteiger partial charge in [0.15, 0.2) is 5.78 Å². The summed E-state index contributed by atoms with van der Waals surface area (Å²) < 4.78 is 5.54. The van der Waals surface area contributed by atoms with Gasteiger partial charge in [0.1, 0.15) is 6.61 Å². The van der Waals surface area contributed by atoms with Crippen molar-refractivity contribution in [2.45, 2.75) is 51.3 Å². The number of piperidine rings is 1. The third kappa shape index (κ3) is 3.88. The van der Waals surface area contributed by atoms with Gasteiger partial charge in [0.05, 0.1) is 11.6 Å². The summed E-state index contributed by atoms with van der Waals surface area (Å²) in [6, 6.07) is 17.2. The lowest BCUT2D eigenvalue weighted by atomic mass is 9.84. The average Bonchev–Trinajstić information content (AvgIpc) is 3.01. The number of nitriles is 1. The first-order valence-corrected chi connectivity index (χ1v) is 10.1. The molecule has 5 nitrogen and oxygen atoms in total. The zero-order chi connectivity index (χ0) is 20.4. The van der Waals surface area contributed by atoms with Gasteiger partial charge in [0.2, 0.25) is 0 Å². The van der Waals surface area contributed by atoms with Gasteiger partial charge in [-0.1, -0.05) is 36.4 Å². The van der Waals surface area contributed by atoms with Gasteiger partial charge in [-0.25, -0.2) is 4.79 Å². The Kier molecular flexibility index (Phi) is 5.35. The minimum absolute atomic E-state index is 0.0606. The van der Waals surface area contributed by atoms with Crippen molar-refractivity contribution in [1.29, 1.82) is 5.26 Å². The van der Waals surface area contributed by atoms with Gasteiger partial charge in [-0.05, 0) is 55.9 Å². The van der Waals surface area contributed by atoms with Crippen LogP contribution in [0.2, 0.25) is 0 Å². The highest BCUT2D eigenvalue weighted by atomic mass is 16.6. The summed E-state index contributed by atoms with van der Waals surface area (Å²) in [7, 11) is 0. The first-order chi connectivity index (χ1) is 14.1. The van der Waals surface area contributed by atoms with Crippen LogP contribution in [-0.2, 0) is 11.3 Å². The van der Waals surface area contributed by atoms with Gasteiger partial charge in [0.25, 0.3) is 0 Å². The van der Waals surface area contributed by atoms with Crippen LogP contribution < -0.4 is 0 Å². The Balaban J connectivity index is 1.41. The second kappa shape index (κ2) is 8.08. The van der Waals surface area contributed by atoms with E-state index < -0.39 is 0 Å². The van der Waals surface area contributed by atoms with Gasteiger partial charge < -0.3 is 9.64 Å². The van der Waals surface area contributed by atoms with Crippen molar-refractivity contribution in [3.63, 3.8) is 0 Å². The van der Waals surface area contributed by atoms with Crippen LogP contribution in [0.1, 0.15) is 52.7 Å². The number of ether oxygens (including phenoxy) is 1. The SMILES string of the molecule is Cc1cc(C(=O)C2CC3CCC(C2)N3C(=O)OCc2ccccc2)ccc1C#N. The molecule has 1 amide bonds. The molecular weight excluding hydrogens is 364 g/mol. The van der Waals surface area contributed by atoms with Crippen LogP contribution in [0, 0.1) is 24.2 Å². The molecule has 2 atom stereocenters. The number of hydrogen-bond acceptors (Lipinski definition) is 4. The number of nitrogens with zero attached hydrogens (tertiary/aromatic N) is 2. The van der Waals surface area contributed by atoms with E-state index in [0.717, 1.165) is 24.0 Å². The normalized spacial score (nSPS) is 22.8. The van der Waals surface area contributed by atoms with E-state index in [-0.39, 0.29) is 36.5 Å². The number of rotatable bonds is 4. The fourth-order valence-corrected chi connectivity index (χ4v) is 4.66. The molecule has 0 N–H and O–H groups in total. The van der Waals surface area contributed by atoms with Crippen LogP contribution in [0.4, 0.5) is 4.79 Å². The minimum Gasteiger partial charge on any atom is -0.445 e. The molecule has 2 saturated heterocycles. The molecular formula is C24H24N2O3. The van der Waals surface area contributed by atoms with Gasteiger partial charge in [-0.3, -0.25) is 4.79 Å². The van der Waals surface area contributed by atoms with E-state index in [1.807, 2.05) is 48.2 Å². The van der Waals surface area contributed by atoms with E-state index in [1.54, 1.807) is 12.1 Å². The number of aryl methyl sites for hydroxylation is 1. The van der Waals surface area contributed by atoms with E-state index in [9.17, 15) is 9.59 Å². The fraction of sp³-hybridized carbons (Fsp3) is 0.375. The van der Waals surface area contributed by atoms with Crippen molar-refractivity contribution in [2.75, 3.05) is 0 Å². The molecule has 0 saturated carbocycles. The highest BCUT2D eigenvalue weighted by Gasteiger charge is 2.45. The molecule has 4 rings (SSSR count). The highest BCUT2D eigenvalue weighted by Crippen LogP contribution is 2.40. The smallest absolute Gasteiger partial charge is 0.410 e. The lowest BCUT2D eigenvalue weighted by Gasteiger charge is -2.37. The molecule has 0 radical (unpaired) electrons. The number of fused-ring (bicyclic) bond motifs is 2. The van der Waals surface area contributed by atoms with Crippen LogP contribution in [-0.4, -0.2) is 28.9 Å². The molecule has 2 bridgehead atoms. The van der Waals surface area contributed by atoms with Gasteiger partial charge in [0, 0.05) is 23.6 Å². The van der Waals surface area contributed by atoms with Crippen LogP contribution in [0.25, 0.3) is 0 Å². The first kappa shape index (κ1) is 19.2. The Morgan fingerprint density at radius 1 is 1.10 bits per heavy atom. The summed E-state index contributed by atoms with van der Waals surface area (Å²) in [5, 5.41) is 9.09. The minimum atomic E-state index is -0.276. The van der Waals surface area contributed by atoms with Crippen molar-refractivity contribution in [2.24, 2.45) is 5.92 Å². The van der Waals surface area contributed by atoms with Crippen LogP contribution in [0.15, 0.2) is 48.5 Å². The monoisotopic (exact) mass is 388 g/mol. The van der Waals surface area contributed by atoms with E-state index in [1.165, 1.54) is 0 Å². The summed E-state index contributed by atoms with van der Waals surface area (Å²) in [6.45, 7) is 2.12. The molecule has 5 heteroatoms. The molecule has 2 fully saturated rings. The largest absolute Gasteiger partial charge is 0.445 e. The highest BCUT2D eigenvalue weighted by molar-refractivity contribution is 5.98. The Morgan fingerprint density at radius 2 is 1.79 bits per heavy atom. The number of Topliss-reactive ketones (excluding diaryl/α,β-unsaturated/α-hetero) is 1. The zero-order valence-corrected chi connectivity index (χ0v) is 16.5. The lowest BCUT2D eigenvalue weighted by Crippen LogP contribution is -2.48. The van der Waals surface area contributed by atoms with Crippen molar-refractivity contribution < 1.29 is 14.3 Å². The molecule has 0 aliphatic carbocycles. The predicted molar refractivity (Wildman–Crippen MR) is 108 cm³/mol. The van der Waals surface area contributed by atoms with Crippen molar-refractivity contribution >= 4 is 11.9 Å². The fourth-order valence-electron chi connectivity index (χ4n) is 4.66. The van der Waals surface area contributed by atoms with Crippen LogP contribution >= 0.6 is 0 Å². The molecule has 148 valence electrons. The molecule has 2 aromatic carbocycles. The summed E-state index contributed by atoms with van der Waals surface area (Å²) >= 11 is 0. The van der Waals surface area contributed by atoms with Gasteiger partial charge >= 0.3 is 6.09 Å². The number of hydrogen-bond donors (Lipinski definition) is 0. The number of amides is 1. The molecule has 2 aliphatic rings. The number of carbonyl (C=O) groups is 2. The maximum Gasteiger partial charge on any atom is 0.410 e. The lowest BCUT2D eigenvalue weighted by molar-refractivity contribution is 0.0485. The van der Waals surface area contributed by atoms with Crippen molar-refractivity contribution in [3.8, 4) is 6.07 Å². The molecule has 2 heterocycles. The Labute approximate surface area is 170 Å². The van der Waals surface area contributed by atoms with E-state index >= 15 is 0 Å². The summed E-state index contributed by atoms with van der Waals surface area (Å²) in [5.41, 5.74) is 3.04. The van der Waals surface area contributed by atoms with E-state index in [4.69, 9.17) is 10.00 Å². The average molecular weight is 388 g/mol. The Hall–Kier alpha value is -3.13. The van der Waals surface area contributed by atoms with E-state index in [0.29, 0.717) is 24.0 Å². The molecule has 2 aromatic rings. The number of ketones is 1. The maximum atomic E-state index is 13.0. The standard InChI is InChI=1S/C24H24N2O3/c1-16-11-18(7-8-19(16)14-25)23(27)20-12-21-9-10-22(13-20)26(21)24(28)29-15-17-5-3-2-4-6-17/h2-8,11,20-22H,9-10,12-13,15H2,1H3. The molecule has 0 aromatic heterocycles. The number of carbonyl (C=O) groups excluding carboxylic acids is 2. The summed E-state index contributed by atoms with van der Waals surface area (Å²) in [5.74, 6) is 0.0322. The van der Waals surface area contributed by atoms with Crippen molar-refractivity contribution in [1.82, 2.24) is 4.90 Å². The maximum absolute atomic E-state index is 13.0. The topological polar surface area (TPSA) is 70.4 Å². The Bertz CT molecular complexity index is 950. The van der Waals surface area contributed by atoms with Gasteiger partial charge in [-0.15, -0.1) is 0 Å². The Morgan fingerprint density at radius 3 is 2.41 bits per heavy atom. The van der Waals surface area contributed by atoms with Crippen LogP contribution in [0.3, 0.4) is 0 Å². The first-order valence-electron chi connectivity index (χ1n) is 10.1. The quantitative estimate of drug-likeness (QED) is 0.716. The predicted octanol–water partition coefficient (Wildman–Crippen LogP) is 4.63. The van der Waals surface area contributed by atoms with Crippen LogP contribution in [0.5, 0.6) is 0 Å². The van der Waals surface area contributed by atoms with Gasteiger partial charge in [-0.2, -0.15) is 5.26 Å². The second-order valence-corrected chi connectivity index (χ2v) is 8.01. The molecule has 2 aliphatic heterocycles. The number of benzene rings is 2. The molecule has 29 heavy (non-hydrogen) atoms. The third-order valence-electron chi connectivity index (χ3n) is 6.15. The molecule has 2 unspecified atom stereocenters.